The van der Waals surface area contributed by atoms with Gasteiger partial charge < -0.3 is 15.4 Å². The second-order valence-corrected chi connectivity index (χ2v) is 7.55. The molecule has 2 N–H and O–H groups in total. The van der Waals surface area contributed by atoms with Crippen LogP contribution in [0.25, 0.3) is 0 Å². The van der Waals surface area contributed by atoms with E-state index in [1.165, 1.54) is 24.3 Å². The predicted molar refractivity (Wildman–Crippen MR) is 111 cm³/mol. The molecule has 3 rings (SSSR count). The highest BCUT2D eigenvalue weighted by Gasteiger charge is 2.34. The second kappa shape index (κ2) is 10.0. The maximum absolute atomic E-state index is 14.7. The van der Waals surface area contributed by atoms with E-state index in [9.17, 15) is 27.2 Å². The topological polar surface area (TPSA) is 91.2 Å². The molecule has 0 bridgehead atoms. The summed E-state index contributed by atoms with van der Waals surface area (Å²) in [6, 6.07) is 8.62. The molecule has 2 aromatic rings. The lowest BCUT2D eigenvalue weighted by atomic mass is 9.87. The number of nitrogens with one attached hydrogen (secondary N) is 2. The highest BCUT2D eigenvalue weighted by atomic mass is 19.4. The van der Waals surface area contributed by atoms with Gasteiger partial charge >= 0.3 is 6.18 Å². The highest BCUT2D eigenvalue weighted by molar-refractivity contribution is 5.92. The van der Waals surface area contributed by atoms with Gasteiger partial charge in [0.1, 0.15) is 5.82 Å². The number of nitriles is 1. The third-order valence-electron chi connectivity index (χ3n) is 5.32. The van der Waals surface area contributed by atoms with Gasteiger partial charge in [-0.1, -0.05) is 12.1 Å². The molecule has 1 aliphatic heterocycles. The van der Waals surface area contributed by atoms with E-state index in [-0.39, 0.29) is 29.5 Å². The third-order valence-corrected chi connectivity index (χ3v) is 5.32. The van der Waals surface area contributed by atoms with Crippen molar-refractivity contribution in [1.82, 2.24) is 5.32 Å². The van der Waals surface area contributed by atoms with Crippen molar-refractivity contribution in [3.63, 3.8) is 0 Å². The molecule has 0 aromatic heterocycles. The summed E-state index contributed by atoms with van der Waals surface area (Å²) in [5.41, 5.74) is -1.21. The summed E-state index contributed by atoms with van der Waals surface area (Å²) in [5, 5.41) is 13.9. The zero-order valence-electron chi connectivity index (χ0n) is 17.6. The van der Waals surface area contributed by atoms with Crippen LogP contribution >= 0.6 is 0 Å². The first-order valence-corrected chi connectivity index (χ1v) is 10.2. The molecule has 0 spiro atoms. The molecule has 1 fully saturated rings. The largest absolute Gasteiger partial charge is 0.417 e. The Morgan fingerprint density at radius 1 is 1.27 bits per heavy atom. The van der Waals surface area contributed by atoms with Gasteiger partial charge in [-0.3, -0.25) is 9.59 Å². The van der Waals surface area contributed by atoms with Crippen molar-refractivity contribution in [2.45, 2.75) is 38.0 Å². The number of hydrogen-bond donors (Lipinski definition) is 2. The Morgan fingerprint density at radius 2 is 2.03 bits per heavy atom. The average Bonchev–Trinajstić information content (AvgIpc) is 2.75. The summed E-state index contributed by atoms with van der Waals surface area (Å²) in [6.45, 7) is 2.50. The van der Waals surface area contributed by atoms with E-state index in [1.54, 1.807) is 13.0 Å². The van der Waals surface area contributed by atoms with Crippen LogP contribution < -0.4 is 10.6 Å². The standard InChI is InChI=1S/C23H21F4N3O3/c1-2-33-20-10-21(31)29-12-17(20)13-3-4-14(19(24)7-13)8-22(32)30-16-6-5-15(11-28)18(9-16)23(25,26)27/h3-7,9,17,20H,2,8,10,12H2,1H3,(H,29,31)(H,30,32). The van der Waals surface area contributed by atoms with Gasteiger partial charge in [0, 0.05) is 24.8 Å². The molecule has 174 valence electrons. The Hall–Kier alpha value is -3.45. The normalized spacial score (nSPS) is 18.4. The quantitative estimate of drug-likeness (QED) is 0.636. The number of halogens is 4. The molecule has 1 heterocycles. The predicted octanol–water partition coefficient (Wildman–Crippen LogP) is 3.91. The number of ether oxygens (including phenoxy) is 1. The number of benzene rings is 2. The molecule has 2 amide bonds. The van der Waals surface area contributed by atoms with Crippen molar-refractivity contribution in [3.05, 3.63) is 64.5 Å². The summed E-state index contributed by atoms with van der Waals surface area (Å²) in [6.07, 6.45) is -5.39. The van der Waals surface area contributed by atoms with Gasteiger partial charge in [-0.15, -0.1) is 0 Å². The lowest BCUT2D eigenvalue weighted by molar-refractivity contribution is -0.137. The molecule has 6 nitrogen and oxygen atoms in total. The number of carbonyl (C=O) groups excluding carboxylic acids is 2. The van der Waals surface area contributed by atoms with Crippen molar-refractivity contribution in [3.8, 4) is 6.07 Å². The van der Waals surface area contributed by atoms with E-state index < -0.39 is 41.6 Å². The average molecular weight is 463 g/mol. The molecule has 1 saturated heterocycles. The van der Waals surface area contributed by atoms with Crippen LogP contribution in [0, 0.1) is 17.1 Å². The Balaban J connectivity index is 1.72. The van der Waals surface area contributed by atoms with E-state index in [0.717, 1.165) is 6.07 Å². The molecular formula is C23H21F4N3O3. The molecule has 0 radical (unpaired) electrons. The van der Waals surface area contributed by atoms with Crippen molar-refractivity contribution >= 4 is 17.5 Å². The van der Waals surface area contributed by atoms with Crippen LogP contribution in [0.5, 0.6) is 0 Å². The Bertz CT molecular complexity index is 1100. The minimum absolute atomic E-state index is 0.0637. The maximum Gasteiger partial charge on any atom is 0.417 e. The van der Waals surface area contributed by atoms with Crippen LogP contribution in [-0.4, -0.2) is 31.1 Å². The van der Waals surface area contributed by atoms with Crippen LogP contribution in [0.2, 0.25) is 0 Å². The third kappa shape index (κ3) is 5.87. The molecular weight excluding hydrogens is 442 g/mol. The van der Waals surface area contributed by atoms with Crippen LogP contribution in [0.15, 0.2) is 36.4 Å². The molecule has 2 aromatic carbocycles. The van der Waals surface area contributed by atoms with Gasteiger partial charge in [0.25, 0.3) is 0 Å². The minimum Gasteiger partial charge on any atom is -0.377 e. The molecule has 0 saturated carbocycles. The molecule has 1 aliphatic rings. The first-order chi connectivity index (χ1) is 15.6. The molecule has 10 heteroatoms. The summed E-state index contributed by atoms with van der Waals surface area (Å²) >= 11 is 0. The smallest absolute Gasteiger partial charge is 0.377 e. The SMILES string of the molecule is CCOC1CC(=O)NCC1c1ccc(CC(=O)Nc2ccc(C#N)c(C(F)(F)F)c2)c(F)c1. The Kier molecular flexibility index (Phi) is 7.33. The van der Waals surface area contributed by atoms with Crippen LogP contribution in [0.3, 0.4) is 0 Å². The van der Waals surface area contributed by atoms with Crippen LogP contribution in [0.1, 0.15) is 41.5 Å². The number of anilines is 1. The summed E-state index contributed by atoms with van der Waals surface area (Å²) in [4.78, 5) is 24.0. The van der Waals surface area contributed by atoms with Gasteiger partial charge in [0.15, 0.2) is 0 Å². The highest BCUT2D eigenvalue weighted by Crippen LogP contribution is 2.33. The number of amides is 2. The van der Waals surface area contributed by atoms with E-state index in [1.807, 2.05) is 0 Å². The number of alkyl halides is 3. The van der Waals surface area contributed by atoms with E-state index in [4.69, 9.17) is 10.00 Å². The van der Waals surface area contributed by atoms with Crippen LogP contribution in [0.4, 0.5) is 23.2 Å². The lowest BCUT2D eigenvalue weighted by Crippen LogP contribution is -2.43. The fraction of sp³-hybridized carbons (Fsp3) is 0.348. The maximum atomic E-state index is 14.7. The fourth-order valence-corrected chi connectivity index (χ4v) is 3.74. The molecule has 2 atom stereocenters. The van der Waals surface area contributed by atoms with Crippen molar-refractivity contribution in [1.29, 1.82) is 5.26 Å². The van der Waals surface area contributed by atoms with Gasteiger partial charge in [0.05, 0.1) is 36.1 Å². The van der Waals surface area contributed by atoms with Crippen LogP contribution in [-0.2, 0) is 26.9 Å². The van der Waals surface area contributed by atoms with Gasteiger partial charge in [0.2, 0.25) is 11.8 Å². The van der Waals surface area contributed by atoms with Crippen molar-refractivity contribution in [2.24, 2.45) is 0 Å². The Morgan fingerprint density at radius 3 is 2.67 bits per heavy atom. The van der Waals surface area contributed by atoms with E-state index in [0.29, 0.717) is 24.8 Å². The van der Waals surface area contributed by atoms with E-state index >= 15 is 0 Å². The lowest BCUT2D eigenvalue weighted by Gasteiger charge is -2.31. The molecule has 2 unspecified atom stereocenters. The first kappa shape index (κ1) is 24.2. The number of carbonyl (C=O) groups is 2. The summed E-state index contributed by atoms with van der Waals surface area (Å²) < 4.78 is 59.6. The number of rotatable bonds is 6. The first-order valence-electron chi connectivity index (χ1n) is 10.2. The van der Waals surface area contributed by atoms with Gasteiger partial charge in [-0.2, -0.15) is 18.4 Å². The zero-order chi connectivity index (χ0) is 24.2. The zero-order valence-corrected chi connectivity index (χ0v) is 17.6. The minimum atomic E-state index is -4.76. The van der Waals surface area contributed by atoms with Crippen molar-refractivity contribution < 1.29 is 31.9 Å². The van der Waals surface area contributed by atoms with Crippen molar-refractivity contribution in [2.75, 3.05) is 18.5 Å². The molecule has 0 aliphatic carbocycles. The Labute approximate surface area is 187 Å². The molecule has 33 heavy (non-hydrogen) atoms. The summed E-state index contributed by atoms with van der Waals surface area (Å²) in [7, 11) is 0. The number of hydrogen-bond acceptors (Lipinski definition) is 4. The van der Waals surface area contributed by atoms with E-state index in [2.05, 4.69) is 10.6 Å². The van der Waals surface area contributed by atoms with Gasteiger partial charge in [-0.05, 0) is 42.3 Å². The van der Waals surface area contributed by atoms with Gasteiger partial charge in [-0.25, -0.2) is 4.39 Å². The fourth-order valence-electron chi connectivity index (χ4n) is 3.74. The monoisotopic (exact) mass is 463 g/mol. The second-order valence-electron chi connectivity index (χ2n) is 7.55. The number of piperidine rings is 1. The number of nitrogens with zero attached hydrogens (tertiary/aromatic N) is 1. The summed E-state index contributed by atoms with van der Waals surface area (Å²) in [5.74, 6) is -1.75.